The average molecular weight is 1070 g/mol. The van der Waals surface area contributed by atoms with Gasteiger partial charge >= 0.3 is 0 Å². The minimum atomic E-state index is 0.215. The van der Waals surface area contributed by atoms with Gasteiger partial charge in [-0.05, 0) is 109 Å². The van der Waals surface area contributed by atoms with Gasteiger partial charge in [0.1, 0.15) is 11.5 Å². The maximum Gasteiger partial charge on any atom is 0.181 e. The molecule has 0 radical (unpaired) electrons. The van der Waals surface area contributed by atoms with E-state index in [0.29, 0.717) is 58.1 Å². The molecule has 0 fully saturated rings. The Balaban J connectivity index is 0.000000136. The first kappa shape index (κ1) is 54.8. The van der Waals surface area contributed by atoms with Gasteiger partial charge in [-0.2, -0.15) is 20.9 Å². The van der Waals surface area contributed by atoms with Crippen LogP contribution < -0.4 is 0 Å². The number of allylic oxidation sites excluding steroid dienone is 3. The van der Waals surface area contributed by atoms with Crippen molar-refractivity contribution >= 4 is 18.2 Å². The summed E-state index contributed by atoms with van der Waals surface area (Å²) in [6.45, 7) is 13.7. The number of aromatic nitrogens is 7. The second-order valence-corrected chi connectivity index (χ2v) is 21.8. The Morgan fingerprint density at radius 1 is 0.469 bits per heavy atom. The number of rotatable bonds is 9. The number of nitriles is 3. The third kappa shape index (κ3) is 12.2. The topological polar surface area (TPSA) is 191 Å². The van der Waals surface area contributed by atoms with E-state index in [1.807, 2.05) is 140 Å². The Bertz CT molecular complexity index is 3430. The van der Waals surface area contributed by atoms with E-state index in [-0.39, 0.29) is 11.8 Å². The first-order valence-electron chi connectivity index (χ1n) is 27.8. The van der Waals surface area contributed by atoms with Gasteiger partial charge in [0, 0.05) is 81.8 Å². The number of nitrogens with zero attached hydrogens (tertiary/aromatic N) is 9. The van der Waals surface area contributed by atoms with E-state index in [0.717, 1.165) is 92.6 Å². The maximum atomic E-state index is 9.28. The summed E-state index contributed by atoms with van der Waals surface area (Å²) in [5.41, 5.74) is 14.9. The number of hydrogen-bond donors (Lipinski definition) is 1. The standard InChI is InChI=1S/C23H22N4.2C23H21N3O/c1-15-11-19-14-26-27-23(19)21(16(15)2)10-9-20-8-7-18(13-25-20)22-6-4-3-5-17(22)12-24;1-15-11-22-23(26-14-27-22)20(16(15)2)10-9-19-8-7-18(13-25-19)21-6-4-3-5-17(21)12-24;1-15-11-22-23(27-14-26-22)20(16(15)2)10-9-19-8-7-18(13-25-19)21-6-4-3-5-17(21)12-24/h3-10,13-16,21H,11H2,1-2H3,(H,26,27);2*3-10,13-16,20H,11H2,1-2H3/b3*10-9+/t15-,16+,21-;2*15-,16+,20-/m000/s1. The van der Waals surface area contributed by atoms with Crippen LogP contribution in [-0.2, 0) is 19.3 Å². The molecule has 1 N–H and O–H groups in total. The molecular formula is C69H64N10O2. The van der Waals surface area contributed by atoms with E-state index in [9.17, 15) is 15.8 Å². The molecule has 402 valence electrons. The van der Waals surface area contributed by atoms with E-state index in [1.165, 1.54) is 11.3 Å². The summed E-state index contributed by atoms with van der Waals surface area (Å²) in [4.78, 5) is 22.5. The van der Waals surface area contributed by atoms with Crippen LogP contribution in [0.4, 0.5) is 0 Å². The fourth-order valence-corrected chi connectivity index (χ4v) is 11.4. The lowest BCUT2D eigenvalue weighted by atomic mass is 9.73. The zero-order chi connectivity index (χ0) is 56.4. The van der Waals surface area contributed by atoms with Crippen molar-refractivity contribution in [3.05, 3.63) is 233 Å². The lowest BCUT2D eigenvalue weighted by Gasteiger charge is -2.31. The first-order valence-corrected chi connectivity index (χ1v) is 27.8. The normalized spacial score (nSPS) is 21.7. The lowest BCUT2D eigenvalue weighted by Crippen LogP contribution is -2.24. The van der Waals surface area contributed by atoms with Crippen LogP contribution in [0.25, 0.3) is 51.6 Å². The Morgan fingerprint density at radius 3 is 1.42 bits per heavy atom. The summed E-state index contributed by atoms with van der Waals surface area (Å²) in [6, 6.07) is 41.5. The SMILES string of the molecule is C[C@H]1[C@H](/C=C/c2ccc(-c3ccccc3C#N)cn2)c2[nH]ncc2C[C@@H]1C.C[C@H]1[C@H](/C=C/c2ccc(-c3ccccc3C#N)cn2)c2ncoc2C[C@@H]1C.C[C@H]1[C@H](/C=C/c2ccc(-c3ccccc3C#N)cn2)c2ocnc2C[C@@H]1C. The van der Waals surface area contributed by atoms with Crippen molar-refractivity contribution in [2.45, 2.75) is 78.6 Å². The monoisotopic (exact) mass is 1060 g/mol. The Hall–Kier alpha value is -9.57. The number of aromatic amines is 1. The molecule has 12 nitrogen and oxygen atoms in total. The zero-order valence-corrected chi connectivity index (χ0v) is 46.5. The largest absolute Gasteiger partial charge is 0.448 e. The Kier molecular flexibility index (Phi) is 16.9. The molecule has 0 amide bonds. The van der Waals surface area contributed by atoms with Gasteiger partial charge in [0.05, 0.1) is 69.6 Å². The summed E-state index contributed by atoms with van der Waals surface area (Å²) in [5.74, 6) is 6.06. The maximum absolute atomic E-state index is 9.28. The highest BCUT2D eigenvalue weighted by Crippen LogP contribution is 2.42. The molecule has 6 heterocycles. The Labute approximate surface area is 474 Å². The van der Waals surface area contributed by atoms with Crippen LogP contribution in [0.1, 0.15) is 127 Å². The van der Waals surface area contributed by atoms with E-state index in [1.54, 1.807) is 12.8 Å². The van der Waals surface area contributed by atoms with Gasteiger partial charge < -0.3 is 8.83 Å². The van der Waals surface area contributed by atoms with Crippen LogP contribution in [0.5, 0.6) is 0 Å². The number of oxazole rings is 2. The van der Waals surface area contributed by atoms with Crippen LogP contribution >= 0.6 is 0 Å². The smallest absolute Gasteiger partial charge is 0.181 e. The van der Waals surface area contributed by atoms with Crippen LogP contribution in [0.3, 0.4) is 0 Å². The molecule has 3 aliphatic carbocycles. The highest BCUT2D eigenvalue weighted by molar-refractivity contribution is 5.72. The summed E-state index contributed by atoms with van der Waals surface area (Å²) < 4.78 is 11.2. The number of benzene rings is 3. The van der Waals surface area contributed by atoms with E-state index < -0.39 is 0 Å². The highest BCUT2D eigenvalue weighted by Gasteiger charge is 2.35. The summed E-state index contributed by atoms with van der Waals surface area (Å²) in [6.07, 6.45) is 26.3. The molecule has 0 unspecified atom stereocenters. The van der Waals surface area contributed by atoms with Gasteiger partial charge in [-0.15, -0.1) is 0 Å². The molecule has 81 heavy (non-hydrogen) atoms. The van der Waals surface area contributed by atoms with Crippen molar-refractivity contribution in [2.24, 2.45) is 35.5 Å². The van der Waals surface area contributed by atoms with E-state index >= 15 is 0 Å². The molecule has 9 aromatic rings. The molecule has 0 aliphatic heterocycles. The van der Waals surface area contributed by atoms with Crippen molar-refractivity contribution in [1.82, 2.24) is 35.1 Å². The molecule has 12 rings (SSSR count). The van der Waals surface area contributed by atoms with Crippen molar-refractivity contribution in [1.29, 1.82) is 15.8 Å². The quantitative estimate of drug-likeness (QED) is 0.145. The summed E-state index contributed by atoms with van der Waals surface area (Å²) >= 11 is 0. The van der Waals surface area contributed by atoms with Gasteiger partial charge in [-0.3, -0.25) is 20.1 Å². The zero-order valence-electron chi connectivity index (χ0n) is 46.5. The van der Waals surface area contributed by atoms with Crippen molar-refractivity contribution in [3.63, 3.8) is 0 Å². The van der Waals surface area contributed by atoms with Gasteiger partial charge in [0.15, 0.2) is 12.8 Å². The number of hydrogen-bond acceptors (Lipinski definition) is 11. The van der Waals surface area contributed by atoms with Crippen LogP contribution in [0, 0.1) is 69.5 Å². The van der Waals surface area contributed by atoms with Crippen molar-refractivity contribution < 1.29 is 8.83 Å². The van der Waals surface area contributed by atoms with Gasteiger partial charge in [-0.25, -0.2) is 9.97 Å². The number of H-pyrrole nitrogens is 1. The predicted octanol–water partition coefficient (Wildman–Crippen LogP) is 15.4. The van der Waals surface area contributed by atoms with Crippen molar-refractivity contribution in [2.75, 3.05) is 0 Å². The third-order valence-electron chi connectivity index (χ3n) is 16.9. The number of fused-ring (bicyclic) bond motifs is 3. The number of pyridine rings is 3. The molecule has 3 aromatic carbocycles. The van der Waals surface area contributed by atoms with E-state index in [2.05, 4.69) is 125 Å². The molecular weight excluding hydrogens is 1000 g/mol. The summed E-state index contributed by atoms with van der Waals surface area (Å²) in [5, 5.41) is 35.3. The van der Waals surface area contributed by atoms with E-state index in [4.69, 9.17) is 8.83 Å². The third-order valence-corrected chi connectivity index (χ3v) is 16.9. The first-order chi connectivity index (χ1) is 39.5. The minimum Gasteiger partial charge on any atom is -0.448 e. The molecule has 6 aromatic heterocycles. The van der Waals surface area contributed by atoms with Gasteiger partial charge in [-0.1, -0.05) is 133 Å². The average Bonchev–Trinajstić information content (AvgIpc) is 4.42. The van der Waals surface area contributed by atoms with Crippen molar-refractivity contribution in [3.8, 4) is 51.6 Å². The number of nitrogens with one attached hydrogen (secondary N) is 1. The minimum absolute atomic E-state index is 0.215. The molecule has 12 heteroatoms. The molecule has 0 bridgehead atoms. The second-order valence-electron chi connectivity index (χ2n) is 21.8. The van der Waals surface area contributed by atoms with Gasteiger partial charge in [0.2, 0.25) is 0 Å². The fraction of sp³-hybridized carbons (Fsp3) is 0.261. The highest BCUT2D eigenvalue weighted by atomic mass is 16.3. The molecule has 0 saturated carbocycles. The van der Waals surface area contributed by atoms with Gasteiger partial charge in [0.25, 0.3) is 0 Å². The predicted molar refractivity (Wildman–Crippen MR) is 316 cm³/mol. The molecule has 0 spiro atoms. The lowest BCUT2D eigenvalue weighted by molar-refractivity contribution is 0.295. The molecule has 0 saturated heterocycles. The van der Waals surface area contributed by atoms with Crippen LogP contribution in [0.15, 0.2) is 174 Å². The molecule has 9 atom stereocenters. The molecule has 3 aliphatic rings. The van der Waals surface area contributed by atoms with Crippen LogP contribution in [0.2, 0.25) is 0 Å². The fourth-order valence-electron chi connectivity index (χ4n) is 11.4. The Morgan fingerprint density at radius 2 is 0.914 bits per heavy atom. The second kappa shape index (κ2) is 25.0. The van der Waals surface area contributed by atoms with Crippen LogP contribution in [-0.4, -0.2) is 35.1 Å². The summed E-state index contributed by atoms with van der Waals surface area (Å²) in [7, 11) is 0.